The Hall–Kier alpha value is -2.57. The maximum Gasteiger partial charge on any atom is 0.223 e. The zero-order chi connectivity index (χ0) is 18.4. The van der Waals surface area contributed by atoms with Gasteiger partial charge in [-0.15, -0.1) is 0 Å². The molecular formula is C19H28N6O. The van der Waals surface area contributed by atoms with E-state index < -0.39 is 0 Å². The average molecular weight is 356 g/mol. The van der Waals surface area contributed by atoms with Gasteiger partial charge in [-0.2, -0.15) is 4.98 Å². The lowest BCUT2D eigenvalue weighted by atomic mass is 10.0. The van der Waals surface area contributed by atoms with Crippen molar-refractivity contribution in [1.82, 2.24) is 20.8 Å². The molecule has 1 aliphatic rings. The van der Waals surface area contributed by atoms with E-state index in [2.05, 4.69) is 68.8 Å². The molecule has 0 radical (unpaired) electrons. The Kier molecular flexibility index (Phi) is 6.09. The molecule has 0 spiro atoms. The molecule has 26 heavy (non-hydrogen) atoms. The van der Waals surface area contributed by atoms with Gasteiger partial charge < -0.3 is 20.1 Å². The number of anilines is 1. The van der Waals surface area contributed by atoms with Crippen molar-refractivity contribution in [1.29, 1.82) is 0 Å². The molecule has 1 atom stereocenters. The van der Waals surface area contributed by atoms with Crippen LogP contribution in [0.2, 0.25) is 0 Å². The Morgan fingerprint density at radius 3 is 2.81 bits per heavy atom. The Bertz CT molecular complexity index is 724. The molecule has 1 fully saturated rings. The highest BCUT2D eigenvalue weighted by Crippen LogP contribution is 2.20. The number of piperidine rings is 1. The van der Waals surface area contributed by atoms with Crippen molar-refractivity contribution in [3.05, 3.63) is 41.5 Å². The van der Waals surface area contributed by atoms with Gasteiger partial charge in [0.05, 0.1) is 0 Å². The van der Waals surface area contributed by atoms with E-state index >= 15 is 0 Å². The van der Waals surface area contributed by atoms with E-state index in [1.165, 1.54) is 11.3 Å². The molecule has 1 unspecified atom stereocenters. The van der Waals surface area contributed by atoms with Crippen LogP contribution in [0.15, 0.2) is 33.8 Å². The fraction of sp³-hybridized carbons (Fsp3) is 0.526. The van der Waals surface area contributed by atoms with Crippen molar-refractivity contribution in [3.63, 3.8) is 0 Å². The van der Waals surface area contributed by atoms with Gasteiger partial charge in [0, 0.05) is 38.3 Å². The Labute approximate surface area is 154 Å². The van der Waals surface area contributed by atoms with Crippen molar-refractivity contribution in [2.45, 2.75) is 46.2 Å². The van der Waals surface area contributed by atoms with Gasteiger partial charge in [0.25, 0.3) is 0 Å². The van der Waals surface area contributed by atoms with Gasteiger partial charge in [-0.25, -0.2) is 4.99 Å². The smallest absolute Gasteiger partial charge is 0.223 e. The highest BCUT2D eigenvalue weighted by Gasteiger charge is 2.21. The lowest BCUT2D eigenvalue weighted by Gasteiger charge is -2.35. The molecular weight excluding hydrogens is 328 g/mol. The Balaban J connectivity index is 1.61. The van der Waals surface area contributed by atoms with Crippen LogP contribution < -0.4 is 15.5 Å². The number of hydrogen-bond acceptors (Lipinski definition) is 5. The van der Waals surface area contributed by atoms with Gasteiger partial charge in [-0.1, -0.05) is 22.9 Å². The number of aryl methyl sites for hydroxylation is 2. The molecule has 1 saturated heterocycles. The molecule has 1 aromatic heterocycles. The van der Waals surface area contributed by atoms with Crippen molar-refractivity contribution in [2.24, 2.45) is 4.99 Å². The second kappa shape index (κ2) is 8.69. The Morgan fingerprint density at radius 2 is 2.12 bits per heavy atom. The molecule has 1 aliphatic heterocycles. The highest BCUT2D eigenvalue weighted by atomic mass is 16.5. The van der Waals surface area contributed by atoms with Crippen LogP contribution in [0.5, 0.6) is 0 Å². The number of nitrogens with zero attached hydrogens (tertiary/aromatic N) is 4. The quantitative estimate of drug-likeness (QED) is 0.633. The largest absolute Gasteiger partial charge is 0.369 e. The summed E-state index contributed by atoms with van der Waals surface area (Å²) in [6.07, 6.45) is 2.29. The SMILES string of the molecule is CCNC(=NCc1noc(C)n1)NC1CCCN(c2ccc(C)cc2)C1. The third-order valence-electron chi connectivity index (χ3n) is 4.45. The Morgan fingerprint density at radius 1 is 1.31 bits per heavy atom. The van der Waals surface area contributed by atoms with Crippen molar-refractivity contribution < 1.29 is 4.52 Å². The van der Waals surface area contributed by atoms with Gasteiger partial charge in [0.1, 0.15) is 6.54 Å². The number of rotatable bonds is 5. The van der Waals surface area contributed by atoms with Crippen LogP contribution in [-0.2, 0) is 6.54 Å². The highest BCUT2D eigenvalue weighted by molar-refractivity contribution is 5.80. The summed E-state index contributed by atoms with van der Waals surface area (Å²) in [5, 5.41) is 10.8. The van der Waals surface area contributed by atoms with Crippen LogP contribution in [0.25, 0.3) is 0 Å². The van der Waals surface area contributed by atoms with Crippen LogP contribution in [-0.4, -0.2) is 41.8 Å². The van der Waals surface area contributed by atoms with Gasteiger partial charge in [0.2, 0.25) is 5.89 Å². The first-order chi connectivity index (χ1) is 12.6. The lowest BCUT2D eigenvalue weighted by molar-refractivity contribution is 0.387. The summed E-state index contributed by atoms with van der Waals surface area (Å²) in [6.45, 7) is 9.24. The molecule has 0 aliphatic carbocycles. The van der Waals surface area contributed by atoms with E-state index in [1.807, 2.05) is 0 Å². The summed E-state index contributed by atoms with van der Waals surface area (Å²) in [6, 6.07) is 9.11. The number of benzene rings is 1. The molecule has 2 aromatic rings. The minimum atomic E-state index is 0.356. The minimum absolute atomic E-state index is 0.356. The van der Waals surface area contributed by atoms with E-state index in [4.69, 9.17) is 4.52 Å². The summed E-state index contributed by atoms with van der Waals surface area (Å²) in [5.74, 6) is 1.96. The summed E-state index contributed by atoms with van der Waals surface area (Å²) in [4.78, 5) is 11.2. The summed E-state index contributed by atoms with van der Waals surface area (Å²) in [7, 11) is 0. The molecule has 7 heteroatoms. The zero-order valence-electron chi connectivity index (χ0n) is 15.8. The summed E-state index contributed by atoms with van der Waals surface area (Å²) >= 11 is 0. The van der Waals surface area contributed by atoms with Crippen LogP contribution in [0.3, 0.4) is 0 Å². The first-order valence-corrected chi connectivity index (χ1v) is 9.29. The fourth-order valence-corrected chi connectivity index (χ4v) is 3.15. The third kappa shape index (κ3) is 4.97. The second-order valence-electron chi connectivity index (χ2n) is 6.69. The van der Waals surface area contributed by atoms with Crippen LogP contribution >= 0.6 is 0 Å². The fourth-order valence-electron chi connectivity index (χ4n) is 3.15. The topological polar surface area (TPSA) is 78.6 Å². The molecule has 1 aromatic carbocycles. The lowest BCUT2D eigenvalue weighted by Crippen LogP contribution is -2.51. The van der Waals surface area contributed by atoms with Gasteiger partial charge in [-0.05, 0) is 38.8 Å². The predicted octanol–water partition coefficient (Wildman–Crippen LogP) is 2.41. The van der Waals surface area contributed by atoms with Crippen LogP contribution in [0, 0.1) is 13.8 Å². The van der Waals surface area contributed by atoms with Crippen LogP contribution in [0.4, 0.5) is 5.69 Å². The van der Waals surface area contributed by atoms with Gasteiger partial charge >= 0.3 is 0 Å². The maximum absolute atomic E-state index is 5.00. The van der Waals surface area contributed by atoms with E-state index in [0.717, 1.165) is 38.4 Å². The normalized spacial score (nSPS) is 18.0. The first kappa shape index (κ1) is 18.2. The summed E-state index contributed by atoms with van der Waals surface area (Å²) in [5.41, 5.74) is 2.57. The average Bonchev–Trinajstić information content (AvgIpc) is 3.06. The molecule has 0 saturated carbocycles. The molecule has 2 N–H and O–H groups in total. The monoisotopic (exact) mass is 356 g/mol. The number of aliphatic imine (C=N–C) groups is 1. The molecule has 140 valence electrons. The third-order valence-corrected chi connectivity index (χ3v) is 4.45. The van der Waals surface area contributed by atoms with E-state index in [-0.39, 0.29) is 0 Å². The summed E-state index contributed by atoms with van der Waals surface area (Å²) < 4.78 is 5.00. The molecule has 0 bridgehead atoms. The van der Waals surface area contributed by atoms with Crippen molar-refractivity contribution in [3.8, 4) is 0 Å². The van der Waals surface area contributed by atoms with E-state index in [9.17, 15) is 0 Å². The molecule has 2 heterocycles. The minimum Gasteiger partial charge on any atom is -0.369 e. The first-order valence-electron chi connectivity index (χ1n) is 9.29. The standard InChI is InChI=1S/C19H28N6O/c1-4-20-19(21-12-18-22-15(3)26-24-18)23-16-6-5-11-25(13-16)17-9-7-14(2)8-10-17/h7-10,16H,4-6,11-13H2,1-3H3,(H2,20,21,23). The molecule has 7 nitrogen and oxygen atoms in total. The van der Waals surface area contributed by atoms with Gasteiger partial charge in [-0.3, -0.25) is 0 Å². The van der Waals surface area contributed by atoms with Crippen LogP contribution in [0.1, 0.15) is 37.0 Å². The van der Waals surface area contributed by atoms with Gasteiger partial charge in [0.15, 0.2) is 11.8 Å². The molecule has 0 amide bonds. The number of aromatic nitrogens is 2. The zero-order valence-corrected chi connectivity index (χ0v) is 15.8. The van der Waals surface area contributed by atoms with E-state index in [0.29, 0.717) is 24.3 Å². The number of hydrogen-bond donors (Lipinski definition) is 2. The number of nitrogens with one attached hydrogen (secondary N) is 2. The van der Waals surface area contributed by atoms with E-state index in [1.54, 1.807) is 6.92 Å². The number of guanidine groups is 1. The van der Waals surface area contributed by atoms with Crippen molar-refractivity contribution in [2.75, 3.05) is 24.5 Å². The molecule has 3 rings (SSSR count). The van der Waals surface area contributed by atoms with Crippen molar-refractivity contribution >= 4 is 11.6 Å². The second-order valence-corrected chi connectivity index (χ2v) is 6.69. The predicted molar refractivity (Wildman–Crippen MR) is 103 cm³/mol. The maximum atomic E-state index is 5.00.